The van der Waals surface area contributed by atoms with Crippen molar-refractivity contribution >= 4 is 23.1 Å². The van der Waals surface area contributed by atoms with Crippen LogP contribution in [0.5, 0.6) is 0 Å². The molecule has 0 saturated heterocycles. The van der Waals surface area contributed by atoms with Crippen molar-refractivity contribution in [2.75, 3.05) is 18.9 Å². The summed E-state index contributed by atoms with van der Waals surface area (Å²) in [4.78, 5) is 34.9. The second-order valence-corrected chi connectivity index (χ2v) is 10.2. The average molecular weight is 520 g/mol. The Morgan fingerprint density at radius 2 is 1.57 bits per heavy atom. The topological polar surface area (TPSA) is 136 Å². The number of aromatic nitrogens is 4. The van der Waals surface area contributed by atoms with E-state index in [1.807, 2.05) is 0 Å². The lowest BCUT2D eigenvalue weighted by atomic mass is 10.0. The highest BCUT2D eigenvalue weighted by atomic mass is 16.5. The third kappa shape index (κ3) is 12.1. The van der Waals surface area contributed by atoms with Gasteiger partial charge in [-0.25, -0.2) is 4.98 Å². The van der Waals surface area contributed by atoms with Crippen LogP contribution in [-0.4, -0.2) is 43.8 Å². The molecule has 9 nitrogen and oxygen atoms in total. The van der Waals surface area contributed by atoms with Gasteiger partial charge in [-0.2, -0.15) is 4.98 Å². The summed E-state index contributed by atoms with van der Waals surface area (Å²) in [6, 6.07) is 0. The third-order valence-electron chi connectivity index (χ3n) is 7.02. The highest BCUT2D eigenvalue weighted by Crippen LogP contribution is 2.16. The van der Waals surface area contributed by atoms with Gasteiger partial charge in [0.05, 0.1) is 12.9 Å². The largest absolute Gasteiger partial charge is 0.465 e. The number of ether oxygens (including phenoxy) is 1. The molecule has 37 heavy (non-hydrogen) atoms. The molecule has 0 radical (unpaired) electrons. The van der Waals surface area contributed by atoms with Gasteiger partial charge >= 0.3 is 11.5 Å². The molecule has 0 aliphatic rings. The maximum atomic E-state index is 12.2. The van der Waals surface area contributed by atoms with Crippen LogP contribution in [0.25, 0.3) is 11.2 Å². The van der Waals surface area contributed by atoms with Gasteiger partial charge < -0.3 is 20.6 Å². The molecule has 0 bridgehead atoms. The van der Waals surface area contributed by atoms with Crippen LogP contribution in [0.4, 0.5) is 5.95 Å². The quantitative estimate of drug-likeness (QED) is 0.138. The SMILES string of the molecule is CCCCCCCCCCCCCCCCCC(=O)OCC(CCO)Cn1c(N)nc(=O)c2[nH]cnc21. The van der Waals surface area contributed by atoms with E-state index in [9.17, 15) is 14.7 Å². The summed E-state index contributed by atoms with van der Waals surface area (Å²) in [5.41, 5.74) is 6.17. The summed E-state index contributed by atoms with van der Waals surface area (Å²) in [6.45, 7) is 2.74. The van der Waals surface area contributed by atoms with Crippen molar-refractivity contribution in [3.05, 3.63) is 16.7 Å². The standard InChI is InChI=1S/C28H49N5O4/c1-2-3-4-5-6-7-8-9-10-11-12-13-14-15-16-17-24(35)37-21-23(18-19-34)20-33-26-25(30-22-31-26)27(36)32-28(33)29/h22-23,34H,2-21H2,1H3,(H,30,31)(H2,29,32,36). The second-order valence-electron chi connectivity index (χ2n) is 10.2. The van der Waals surface area contributed by atoms with E-state index < -0.39 is 5.56 Å². The maximum Gasteiger partial charge on any atom is 0.305 e. The Labute approximate surface area is 221 Å². The van der Waals surface area contributed by atoms with Gasteiger partial charge in [0.2, 0.25) is 5.95 Å². The minimum atomic E-state index is -0.463. The average Bonchev–Trinajstić information content (AvgIpc) is 3.38. The van der Waals surface area contributed by atoms with Crippen molar-refractivity contribution in [1.82, 2.24) is 19.5 Å². The van der Waals surface area contributed by atoms with Gasteiger partial charge in [0, 0.05) is 25.5 Å². The van der Waals surface area contributed by atoms with E-state index in [1.54, 1.807) is 4.57 Å². The molecule has 0 spiro atoms. The van der Waals surface area contributed by atoms with Gasteiger partial charge in [0.15, 0.2) is 11.2 Å². The summed E-state index contributed by atoms with van der Waals surface area (Å²) in [5, 5.41) is 9.45. The fourth-order valence-electron chi connectivity index (χ4n) is 4.75. The lowest BCUT2D eigenvalue weighted by molar-refractivity contribution is -0.145. The molecule has 2 aromatic rings. The number of anilines is 1. The van der Waals surface area contributed by atoms with Gasteiger partial charge in [0.1, 0.15) is 0 Å². The number of esters is 1. The van der Waals surface area contributed by atoms with Crippen molar-refractivity contribution in [2.45, 2.75) is 123 Å². The number of hydrogen-bond acceptors (Lipinski definition) is 7. The molecule has 0 fully saturated rings. The number of carbonyl (C=O) groups is 1. The van der Waals surface area contributed by atoms with Crippen molar-refractivity contribution < 1.29 is 14.6 Å². The van der Waals surface area contributed by atoms with Crippen molar-refractivity contribution in [3.63, 3.8) is 0 Å². The first-order valence-electron chi connectivity index (χ1n) is 14.5. The van der Waals surface area contributed by atoms with Crippen LogP contribution >= 0.6 is 0 Å². The van der Waals surface area contributed by atoms with Crippen LogP contribution in [0.1, 0.15) is 116 Å². The van der Waals surface area contributed by atoms with Crippen molar-refractivity contribution in [1.29, 1.82) is 0 Å². The van der Waals surface area contributed by atoms with Crippen LogP contribution in [0.3, 0.4) is 0 Å². The van der Waals surface area contributed by atoms with Crippen LogP contribution in [-0.2, 0) is 16.1 Å². The molecule has 0 saturated carbocycles. The van der Waals surface area contributed by atoms with E-state index in [1.165, 1.54) is 83.4 Å². The van der Waals surface area contributed by atoms with Crippen LogP contribution in [0, 0.1) is 5.92 Å². The minimum Gasteiger partial charge on any atom is -0.465 e. The number of aliphatic hydroxyl groups is 1. The number of carbonyl (C=O) groups excluding carboxylic acids is 1. The number of fused-ring (bicyclic) bond motifs is 1. The van der Waals surface area contributed by atoms with Gasteiger partial charge in [-0.05, 0) is 12.8 Å². The number of aromatic amines is 1. The molecular formula is C28H49N5O4. The third-order valence-corrected chi connectivity index (χ3v) is 7.02. The number of imidazole rings is 1. The predicted molar refractivity (Wildman–Crippen MR) is 148 cm³/mol. The van der Waals surface area contributed by atoms with E-state index in [-0.39, 0.29) is 36.6 Å². The second kappa shape index (κ2) is 18.8. The molecule has 0 amide bonds. The summed E-state index contributed by atoms with van der Waals surface area (Å²) < 4.78 is 7.11. The molecular weight excluding hydrogens is 470 g/mol. The molecule has 1 unspecified atom stereocenters. The monoisotopic (exact) mass is 519 g/mol. The van der Waals surface area contributed by atoms with Gasteiger partial charge in [-0.1, -0.05) is 96.8 Å². The molecule has 210 valence electrons. The molecule has 0 aliphatic heterocycles. The van der Waals surface area contributed by atoms with Crippen LogP contribution in [0.2, 0.25) is 0 Å². The molecule has 0 aliphatic carbocycles. The van der Waals surface area contributed by atoms with Crippen LogP contribution in [0.15, 0.2) is 11.1 Å². The number of unbranched alkanes of at least 4 members (excludes halogenated alkanes) is 14. The Morgan fingerprint density at radius 3 is 2.14 bits per heavy atom. The Bertz CT molecular complexity index is 942. The normalized spacial score (nSPS) is 12.3. The zero-order chi connectivity index (χ0) is 26.7. The van der Waals surface area contributed by atoms with Crippen LogP contribution < -0.4 is 11.3 Å². The summed E-state index contributed by atoms with van der Waals surface area (Å²) in [7, 11) is 0. The first kappa shape index (κ1) is 30.8. The Kier molecular flexibility index (Phi) is 15.6. The zero-order valence-corrected chi connectivity index (χ0v) is 22.9. The number of H-pyrrole nitrogens is 1. The van der Waals surface area contributed by atoms with E-state index in [2.05, 4.69) is 21.9 Å². The molecule has 2 heterocycles. The number of nitrogens with one attached hydrogen (secondary N) is 1. The number of nitrogens with two attached hydrogens (primary N) is 1. The maximum absolute atomic E-state index is 12.2. The Morgan fingerprint density at radius 1 is 1.00 bits per heavy atom. The van der Waals surface area contributed by atoms with Crippen molar-refractivity contribution in [3.8, 4) is 0 Å². The zero-order valence-electron chi connectivity index (χ0n) is 22.9. The van der Waals surface area contributed by atoms with E-state index in [0.717, 1.165) is 19.3 Å². The lowest BCUT2D eigenvalue weighted by Crippen LogP contribution is -2.25. The fourth-order valence-corrected chi connectivity index (χ4v) is 4.75. The van der Waals surface area contributed by atoms with Crippen molar-refractivity contribution in [2.24, 2.45) is 5.92 Å². The Balaban J connectivity index is 1.53. The molecule has 9 heteroatoms. The highest BCUT2D eigenvalue weighted by Gasteiger charge is 2.17. The molecule has 0 aromatic carbocycles. The van der Waals surface area contributed by atoms with Gasteiger partial charge in [-0.15, -0.1) is 0 Å². The summed E-state index contributed by atoms with van der Waals surface area (Å²) in [6.07, 6.45) is 21.6. The lowest BCUT2D eigenvalue weighted by Gasteiger charge is -2.19. The van der Waals surface area contributed by atoms with Gasteiger partial charge in [-0.3, -0.25) is 14.2 Å². The molecule has 2 rings (SSSR count). The summed E-state index contributed by atoms with van der Waals surface area (Å²) in [5.74, 6) is -0.327. The number of hydrogen-bond donors (Lipinski definition) is 3. The van der Waals surface area contributed by atoms with Gasteiger partial charge in [0.25, 0.3) is 0 Å². The molecule has 2 aromatic heterocycles. The number of nitrogens with zero attached hydrogens (tertiary/aromatic N) is 3. The Hall–Kier alpha value is -2.42. The minimum absolute atomic E-state index is 0.0431. The first-order chi connectivity index (χ1) is 18.1. The first-order valence-corrected chi connectivity index (χ1v) is 14.5. The fraction of sp³-hybridized carbons (Fsp3) is 0.786. The van der Waals surface area contributed by atoms with E-state index >= 15 is 0 Å². The number of rotatable bonds is 22. The molecule has 4 N–H and O–H groups in total. The highest BCUT2D eigenvalue weighted by molar-refractivity contribution is 5.70. The number of nitrogen functional groups attached to an aromatic ring is 1. The number of aliphatic hydroxyl groups excluding tert-OH is 1. The molecule has 1 atom stereocenters. The van der Waals surface area contributed by atoms with E-state index in [4.69, 9.17) is 10.5 Å². The predicted octanol–water partition coefficient (Wildman–Crippen LogP) is 5.51. The smallest absolute Gasteiger partial charge is 0.305 e. The summed E-state index contributed by atoms with van der Waals surface area (Å²) >= 11 is 0. The van der Waals surface area contributed by atoms with E-state index in [0.29, 0.717) is 25.0 Å².